The number of benzene rings is 1. The van der Waals surface area contributed by atoms with E-state index in [4.69, 9.17) is 9.88 Å². The Morgan fingerprint density at radius 1 is 1.33 bits per heavy atom. The fourth-order valence-electron chi connectivity index (χ4n) is 1.76. The monoisotopic (exact) mass is 317 g/mol. The van der Waals surface area contributed by atoms with Gasteiger partial charge in [-0.2, -0.15) is 4.39 Å². The van der Waals surface area contributed by atoms with Crippen molar-refractivity contribution in [3.63, 3.8) is 0 Å². The number of aromatic nitrogens is 2. The Morgan fingerprint density at radius 2 is 2.05 bits per heavy atom. The predicted molar refractivity (Wildman–Crippen MR) is 70.0 cm³/mol. The maximum Gasteiger partial charge on any atom is 0.241 e. The van der Waals surface area contributed by atoms with E-state index in [2.05, 4.69) is 4.98 Å². The van der Waals surface area contributed by atoms with Gasteiger partial charge in [-0.15, -0.1) is 0 Å². The highest BCUT2D eigenvalue weighted by atomic mass is 32.2. The van der Waals surface area contributed by atoms with Crippen molar-refractivity contribution < 1.29 is 21.9 Å². The summed E-state index contributed by atoms with van der Waals surface area (Å²) in [5.74, 6) is -2.84. The summed E-state index contributed by atoms with van der Waals surface area (Å²) in [5, 5.41) is 4.78. The molecule has 0 aliphatic heterocycles. The molecule has 2 N–H and O–H groups in total. The van der Waals surface area contributed by atoms with Gasteiger partial charge < -0.3 is 9.30 Å². The first-order valence-electron chi connectivity index (χ1n) is 5.98. The van der Waals surface area contributed by atoms with Gasteiger partial charge in [-0.25, -0.2) is 22.9 Å². The van der Waals surface area contributed by atoms with Crippen LogP contribution in [0, 0.1) is 11.6 Å². The number of primary sulfonamides is 1. The molecule has 0 spiro atoms. The number of nitrogens with zero attached hydrogens (tertiary/aromatic N) is 2. The lowest BCUT2D eigenvalue weighted by molar-refractivity contribution is 0.269. The Hall–Kier alpha value is -2.00. The number of rotatable bonds is 5. The highest BCUT2D eigenvalue weighted by Gasteiger charge is 2.21. The van der Waals surface area contributed by atoms with E-state index in [0.717, 1.165) is 12.1 Å². The van der Waals surface area contributed by atoms with Gasteiger partial charge in [0.2, 0.25) is 15.8 Å². The molecule has 1 heterocycles. The van der Waals surface area contributed by atoms with Crippen molar-refractivity contribution in [3.05, 3.63) is 42.0 Å². The molecule has 0 saturated carbocycles. The highest BCUT2D eigenvalue weighted by molar-refractivity contribution is 7.89. The zero-order valence-corrected chi connectivity index (χ0v) is 11.9. The van der Waals surface area contributed by atoms with Crippen LogP contribution in [-0.2, 0) is 23.2 Å². The minimum atomic E-state index is -4.33. The van der Waals surface area contributed by atoms with E-state index in [1.165, 1.54) is 0 Å². The average Bonchev–Trinajstić information content (AvgIpc) is 2.86. The lowest BCUT2D eigenvalue weighted by atomic mass is 10.3. The molecule has 21 heavy (non-hydrogen) atoms. The topological polar surface area (TPSA) is 87.2 Å². The average molecular weight is 317 g/mol. The van der Waals surface area contributed by atoms with Crippen LogP contribution < -0.4 is 9.88 Å². The second kappa shape index (κ2) is 5.78. The molecule has 0 amide bonds. The maximum atomic E-state index is 13.8. The fraction of sp³-hybridized carbons (Fsp3) is 0.250. The summed E-state index contributed by atoms with van der Waals surface area (Å²) in [7, 11) is -4.33. The number of sulfonamides is 1. The molecule has 1 aromatic heterocycles. The zero-order valence-electron chi connectivity index (χ0n) is 11.1. The van der Waals surface area contributed by atoms with E-state index >= 15 is 0 Å². The highest BCUT2D eigenvalue weighted by Crippen LogP contribution is 2.25. The van der Waals surface area contributed by atoms with Crippen molar-refractivity contribution in [2.24, 2.45) is 5.14 Å². The fourth-order valence-corrected chi connectivity index (χ4v) is 2.35. The van der Waals surface area contributed by atoms with Gasteiger partial charge in [0, 0.05) is 18.9 Å². The van der Waals surface area contributed by atoms with E-state index in [1.807, 2.05) is 6.92 Å². The van der Waals surface area contributed by atoms with Crippen LogP contribution in [0.25, 0.3) is 0 Å². The summed E-state index contributed by atoms with van der Waals surface area (Å²) < 4.78 is 56.4. The lowest BCUT2D eigenvalue weighted by Crippen LogP contribution is -2.15. The number of nitrogens with two attached hydrogens (primary N) is 1. The van der Waals surface area contributed by atoms with Crippen molar-refractivity contribution in [3.8, 4) is 5.75 Å². The second-order valence-electron chi connectivity index (χ2n) is 4.15. The van der Waals surface area contributed by atoms with Crippen molar-refractivity contribution >= 4 is 10.0 Å². The smallest absolute Gasteiger partial charge is 0.241 e. The molecule has 0 aliphatic rings. The van der Waals surface area contributed by atoms with Gasteiger partial charge in [-0.05, 0) is 19.1 Å². The third-order valence-electron chi connectivity index (χ3n) is 2.82. The second-order valence-corrected chi connectivity index (χ2v) is 5.68. The number of halogens is 2. The zero-order chi connectivity index (χ0) is 15.6. The summed E-state index contributed by atoms with van der Waals surface area (Å²) in [5.41, 5.74) is 0. The van der Waals surface area contributed by atoms with Gasteiger partial charge in [-0.1, -0.05) is 0 Å². The molecule has 2 aromatic rings. The molecule has 0 bridgehead atoms. The molecule has 0 saturated heterocycles. The normalized spacial score (nSPS) is 11.6. The Morgan fingerprint density at radius 3 is 2.67 bits per heavy atom. The number of hydrogen-bond acceptors (Lipinski definition) is 4. The molecule has 6 nitrogen and oxygen atoms in total. The van der Waals surface area contributed by atoms with Gasteiger partial charge in [0.25, 0.3) is 0 Å². The summed E-state index contributed by atoms with van der Waals surface area (Å²) >= 11 is 0. The van der Waals surface area contributed by atoms with Crippen LogP contribution >= 0.6 is 0 Å². The van der Waals surface area contributed by atoms with Gasteiger partial charge in [0.05, 0.1) is 0 Å². The van der Waals surface area contributed by atoms with Gasteiger partial charge in [0.1, 0.15) is 17.3 Å². The summed E-state index contributed by atoms with van der Waals surface area (Å²) in [6, 6.07) is 1.87. The SMILES string of the molecule is CCn1ccnc1COc1ccc(S(N)(=O)=O)c(F)c1F. The third-order valence-corrected chi connectivity index (χ3v) is 3.75. The van der Waals surface area contributed by atoms with E-state index in [1.54, 1.807) is 17.0 Å². The predicted octanol–water partition coefficient (Wildman–Crippen LogP) is 1.41. The van der Waals surface area contributed by atoms with Crippen molar-refractivity contribution in [1.82, 2.24) is 9.55 Å². The first kappa shape index (κ1) is 15.4. The molecule has 2 rings (SSSR count). The molecule has 0 atom stereocenters. The van der Waals surface area contributed by atoms with Crippen LogP contribution in [0.3, 0.4) is 0 Å². The molecule has 0 unspecified atom stereocenters. The van der Waals surface area contributed by atoms with E-state index in [-0.39, 0.29) is 6.61 Å². The minimum absolute atomic E-state index is 0.0775. The molecule has 9 heteroatoms. The van der Waals surface area contributed by atoms with E-state index < -0.39 is 32.3 Å². The van der Waals surface area contributed by atoms with Crippen LogP contribution in [0.2, 0.25) is 0 Å². The van der Waals surface area contributed by atoms with Gasteiger partial charge in [-0.3, -0.25) is 0 Å². The van der Waals surface area contributed by atoms with Crippen LogP contribution in [0.15, 0.2) is 29.4 Å². The Bertz CT molecular complexity index is 759. The quantitative estimate of drug-likeness (QED) is 0.903. The van der Waals surface area contributed by atoms with E-state index in [9.17, 15) is 17.2 Å². The van der Waals surface area contributed by atoms with Gasteiger partial charge >= 0.3 is 0 Å². The molecule has 0 radical (unpaired) electrons. The molecule has 1 aromatic carbocycles. The van der Waals surface area contributed by atoms with Crippen LogP contribution in [0.4, 0.5) is 8.78 Å². The molecule has 114 valence electrons. The van der Waals surface area contributed by atoms with Gasteiger partial charge in [0.15, 0.2) is 11.6 Å². The standard InChI is InChI=1S/C12H13F2N3O3S/c1-2-17-6-5-16-10(17)7-20-8-3-4-9(21(15,18)19)12(14)11(8)13/h3-6H,2,7H2,1H3,(H2,15,18,19). The van der Waals surface area contributed by atoms with Crippen LogP contribution in [-0.4, -0.2) is 18.0 Å². The Kier molecular flexibility index (Phi) is 4.24. The molecule has 0 fully saturated rings. The molecule has 0 aliphatic carbocycles. The largest absolute Gasteiger partial charge is 0.482 e. The van der Waals surface area contributed by atoms with Crippen molar-refractivity contribution in [1.29, 1.82) is 0 Å². The number of imidazole rings is 1. The van der Waals surface area contributed by atoms with Crippen molar-refractivity contribution in [2.45, 2.75) is 25.0 Å². The molecular formula is C12H13F2N3O3S. The summed E-state index contributed by atoms with van der Waals surface area (Å²) in [6.07, 6.45) is 3.28. The van der Waals surface area contributed by atoms with Crippen LogP contribution in [0.1, 0.15) is 12.7 Å². The Labute approximate surface area is 120 Å². The minimum Gasteiger partial charge on any atom is -0.482 e. The first-order chi connectivity index (χ1) is 9.84. The lowest BCUT2D eigenvalue weighted by Gasteiger charge is -2.10. The number of hydrogen-bond donors (Lipinski definition) is 1. The first-order valence-corrected chi connectivity index (χ1v) is 7.52. The molecular weight excluding hydrogens is 304 g/mol. The van der Waals surface area contributed by atoms with Crippen LogP contribution in [0.5, 0.6) is 5.75 Å². The Balaban J connectivity index is 2.24. The van der Waals surface area contributed by atoms with E-state index in [0.29, 0.717) is 12.4 Å². The number of ether oxygens (including phenoxy) is 1. The third kappa shape index (κ3) is 3.19. The number of aryl methyl sites for hydroxylation is 1. The summed E-state index contributed by atoms with van der Waals surface area (Å²) in [6.45, 7) is 2.47. The maximum absolute atomic E-state index is 13.8. The summed E-state index contributed by atoms with van der Waals surface area (Å²) in [4.78, 5) is 3.10. The van der Waals surface area contributed by atoms with Crippen molar-refractivity contribution in [2.75, 3.05) is 0 Å².